The molecule has 2 aromatic carbocycles. The Morgan fingerprint density at radius 1 is 0.684 bits per heavy atom. The fourth-order valence-corrected chi connectivity index (χ4v) is 3.81. The Kier molecular flexibility index (Phi) is 4.50. The van der Waals surface area contributed by atoms with Crippen molar-refractivity contribution in [3.05, 3.63) is 54.6 Å². The predicted molar refractivity (Wildman–Crippen MR) is 62.8 cm³/mol. The van der Waals surface area contributed by atoms with E-state index >= 15 is 0 Å². The van der Waals surface area contributed by atoms with Gasteiger partial charge in [-0.25, -0.2) is 18.6 Å². The first-order valence-corrected chi connectivity index (χ1v) is 8.21. The molecular formula is C13H9ClO4Se. The molecule has 6 heteroatoms. The number of hydrogen-bond donors (Lipinski definition) is 0. The van der Waals surface area contributed by atoms with Gasteiger partial charge in [-0.3, -0.25) is 0 Å². The Morgan fingerprint density at radius 3 is 1.47 bits per heavy atom. The molecule has 3 rings (SSSR count). The van der Waals surface area contributed by atoms with Crippen LogP contribution in [0.4, 0.5) is 0 Å². The van der Waals surface area contributed by atoms with Crippen LogP contribution in [0.3, 0.4) is 0 Å². The van der Waals surface area contributed by atoms with Gasteiger partial charge in [-0.05, 0) is 0 Å². The van der Waals surface area contributed by atoms with Gasteiger partial charge in [0.2, 0.25) is 0 Å². The van der Waals surface area contributed by atoms with Crippen LogP contribution in [0.25, 0.3) is 19.3 Å². The minimum absolute atomic E-state index is 0.488. The average molecular weight is 344 g/mol. The maximum absolute atomic E-state index is 8.49. The van der Waals surface area contributed by atoms with Gasteiger partial charge in [0.1, 0.15) is 0 Å². The van der Waals surface area contributed by atoms with Crippen LogP contribution in [0.5, 0.6) is 0 Å². The Hall–Kier alpha value is -1.04. The standard InChI is InChI=1S/C13H9Se.ClHO4/c1-3-7-12-10(5-1)9-11-6-2-4-8-13(11)14-12;2-1(3,4)5/h1-9H;(H,2,3,4,5)/q+1;/p-1. The van der Waals surface area contributed by atoms with Gasteiger partial charge in [0.15, 0.2) is 0 Å². The molecule has 1 heterocycles. The van der Waals surface area contributed by atoms with Crippen LogP contribution in [0, 0.1) is 10.2 Å². The van der Waals surface area contributed by atoms with Gasteiger partial charge in [-0.1, -0.05) is 0 Å². The monoisotopic (exact) mass is 344 g/mol. The number of rotatable bonds is 0. The summed E-state index contributed by atoms with van der Waals surface area (Å²) in [6.45, 7) is 0. The zero-order valence-corrected chi connectivity index (χ0v) is 12.1. The third kappa shape index (κ3) is 4.53. The summed E-state index contributed by atoms with van der Waals surface area (Å²) in [4.78, 5) is 0. The van der Waals surface area contributed by atoms with Crippen LogP contribution < -0.4 is 18.6 Å². The van der Waals surface area contributed by atoms with Crippen molar-refractivity contribution >= 4 is 33.8 Å². The van der Waals surface area contributed by atoms with Crippen molar-refractivity contribution in [2.75, 3.05) is 0 Å². The van der Waals surface area contributed by atoms with Crippen molar-refractivity contribution in [2.24, 2.45) is 0 Å². The van der Waals surface area contributed by atoms with E-state index in [9.17, 15) is 0 Å². The molecule has 1 aromatic heterocycles. The van der Waals surface area contributed by atoms with E-state index in [0.29, 0.717) is 14.5 Å². The van der Waals surface area contributed by atoms with Crippen molar-refractivity contribution < 1.29 is 28.9 Å². The summed E-state index contributed by atoms with van der Waals surface area (Å²) >= 11 is 0.488. The SMILES string of the molecule is [O-][Cl+3]([O-])([O-])[O-].c1ccc2[se+]c3ccccc3cc2c1. The number of hydrogen-bond acceptors (Lipinski definition) is 4. The molecule has 0 radical (unpaired) electrons. The van der Waals surface area contributed by atoms with Gasteiger partial charge in [-0.15, -0.1) is 10.2 Å². The van der Waals surface area contributed by atoms with Crippen LogP contribution in [0.1, 0.15) is 0 Å². The van der Waals surface area contributed by atoms with E-state index in [1.165, 1.54) is 19.3 Å². The van der Waals surface area contributed by atoms with E-state index in [1.807, 2.05) is 0 Å². The van der Waals surface area contributed by atoms with Crippen LogP contribution in [-0.2, 0) is 0 Å². The van der Waals surface area contributed by atoms with Gasteiger partial charge in [0.25, 0.3) is 0 Å². The molecule has 0 saturated heterocycles. The molecule has 0 aliphatic carbocycles. The minimum atomic E-state index is -4.94. The van der Waals surface area contributed by atoms with E-state index in [0.717, 1.165) is 0 Å². The summed E-state index contributed by atoms with van der Waals surface area (Å²) in [6.07, 6.45) is 0. The molecule has 0 aliphatic rings. The second kappa shape index (κ2) is 5.94. The van der Waals surface area contributed by atoms with Crippen LogP contribution in [-0.4, -0.2) is 14.5 Å². The molecule has 0 bridgehead atoms. The third-order valence-electron chi connectivity index (χ3n) is 2.37. The summed E-state index contributed by atoms with van der Waals surface area (Å²) in [7, 11) is -4.94. The molecule has 0 fully saturated rings. The van der Waals surface area contributed by atoms with Gasteiger partial charge < -0.3 is 0 Å². The maximum atomic E-state index is 8.49. The molecule has 19 heavy (non-hydrogen) atoms. The molecule has 0 N–H and O–H groups in total. The normalized spacial score (nSPS) is 11.2. The van der Waals surface area contributed by atoms with Crippen LogP contribution >= 0.6 is 0 Å². The van der Waals surface area contributed by atoms with E-state index < -0.39 is 10.2 Å². The summed E-state index contributed by atoms with van der Waals surface area (Å²) in [5, 5.41) is 2.79. The molecule has 3 aromatic rings. The molecule has 0 spiro atoms. The van der Waals surface area contributed by atoms with E-state index in [1.54, 1.807) is 0 Å². The van der Waals surface area contributed by atoms with Gasteiger partial charge in [-0.2, -0.15) is 0 Å². The Bertz CT molecular complexity index is 586. The second-order valence-corrected chi connectivity index (χ2v) is 6.73. The van der Waals surface area contributed by atoms with E-state index in [4.69, 9.17) is 18.6 Å². The van der Waals surface area contributed by atoms with E-state index in [2.05, 4.69) is 54.6 Å². The van der Waals surface area contributed by atoms with E-state index in [-0.39, 0.29) is 0 Å². The topological polar surface area (TPSA) is 92.2 Å². The van der Waals surface area contributed by atoms with Gasteiger partial charge in [0.05, 0.1) is 0 Å². The molecular weight excluding hydrogens is 335 g/mol. The fraction of sp³-hybridized carbons (Fsp3) is 0. The summed E-state index contributed by atoms with van der Waals surface area (Å²) in [5.74, 6) is 0. The zero-order chi connectivity index (χ0) is 13.9. The quantitative estimate of drug-likeness (QED) is 0.370. The Labute approximate surface area is 117 Å². The number of fused-ring (bicyclic) bond motifs is 2. The molecule has 0 amide bonds. The molecule has 0 aliphatic heterocycles. The summed E-state index contributed by atoms with van der Waals surface area (Å²) in [5.41, 5.74) is 0. The molecule has 0 unspecified atom stereocenters. The number of halogens is 1. The molecule has 0 atom stereocenters. The fourth-order valence-electron chi connectivity index (χ4n) is 1.67. The van der Waals surface area contributed by atoms with Gasteiger partial charge in [0, 0.05) is 0 Å². The van der Waals surface area contributed by atoms with Crippen molar-refractivity contribution in [2.45, 2.75) is 0 Å². The van der Waals surface area contributed by atoms with Crippen molar-refractivity contribution in [1.29, 1.82) is 0 Å². The zero-order valence-electron chi connectivity index (χ0n) is 9.62. The van der Waals surface area contributed by atoms with Crippen molar-refractivity contribution in [3.63, 3.8) is 0 Å². The van der Waals surface area contributed by atoms with Crippen molar-refractivity contribution in [3.8, 4) is 0 Å². The molecule has 98 valence electrons. The Balaban J connectivity index is 0.000000232. The number of benzene rings is 2. The first kappa shape index (κ1) is 14.4. The molecule has 0 saturated carbocycles. The summed E-state index contributed by atoms with van der Waals surface area (Å²) < 4.78 is 37.0. The first-order chi connectivity index (χ1) is 8.93. The summed E-state index contributed by atoms with van der Waals surface area (Å²) in [6, 6.07) is 19.6. The van der Waals surface area contributed by atoms with Crippen molar-refractivity contribution in [1.82, 2.24) is 0 Å². The van der Waals surface area contributed by atoms with Gasteiger partial charge >= 0.3 is 88.4 Å². The van der Waals surface area contributed by atoms with Crippen LogP contribution in [0.15, 0.2) is 54.6 Å². The third-order valence-corrected chi connectivity index (χ3v) is 4.85. The predicted octanol–water partition coefficient (Wildman–Crippen LogP) is -1.42. The second-order valence-electron chi connectivity index (χ2n) is 3.70. The molecule has 4 nitrogen and oxygen atoms in total. The van der Waals surface area contributed by atoms with Crippen LogP contribution in [0.2, 0.25) is 0 Å². The average Bonchev–Trinajstić information content (AvgIpc) is 2.34. The Morgan fingerprint density at radius 2 is 1.05 bits per heavy atom. The first-order valence-electron chi connectivity index (χ1n) is 5.26.